The van der Waals surface area contributed by atoms with Gasteiger partial charge in [-0.2, -0.15) is 8.42 Å². The Morgan fingerprint density at radius 3 is 1.19 bits per heavy atom. The van der Waals surface area contributed by atoms with E-state index in [9.17, 15) is 58.0 Å². The summed E-state index contributed by atoms with van der Waals surface area (Å²) in [6.07, 6.45) is 12.9. The third-order valence-corrected chi connectivity index (χ3v) is 31.5. The number of phenolic OH excluding ortho intramolecular Hbond substituents is 1. The molecule has 17 rings (SSSR count). The molecule has 0 unspecified atom stereocenters. The van der Waals surface area contributed by atoms with Gasteiger partial charge in [0.15, 0.2) is 5.03 Å². The first-order valence-corrected chi connectivity index (χ1v) is 54.1. The van der Waals surface area contributed by atoms with E-state index >= 15 is 0 Å². The summed E-state index contributed by atoms with van der Waals surface area (Å²) in [7, 11) is -17.0. The molecule has 4 saturated heterocycles. The highest BCUT2D eigenvalue weighted by atomic mass is 32.2. The topological polar surface area (TPSA) is 563 Å². The van der Waals surface area contributed by atoms with Gasteiger partial charge in [0.1, 0.15) is 79.2 Å². The number of fused-ring (bicyclic) bond motifs is 1. The number of nitrogens with zero attached hydrogens (tertiary/aromatic N) is 14. The number of pyridine rings is 10. The summed E-state index contributed by atoms with van der Waals surface area (Å²) in [6, 6.07) is 44.1. The number of carbonyl (C=O) groups excluding carboxylic acids is 4. The van der Waals surface area contributed by atoms with Gasteiger partial charge in [-0.15, -0.1) is 0 Å². The minimum atomic E-state index is -4.27. The SMILES string of the molecule is CCOCCOCCOc1ncc(-c2ccc(C(=O)NS(=O)(=O)c3cccc(N)n3)c(N3C[C@@H](C)CC3(C)C)n2)cc1C.C[C@@H]1CN(c2nc(-c3ccc(O)cc3)ccc2C(=O)NS(=O)(=O)c2cccnc2N)C(C)(C)C1.C[C@@H]1CN(c2nc(-c3cnc4[nH]ccc4c3)ccc2C(=O)NS(=O)(=O)c2cccnc2N)C(C)(C)C1.Cc1cccc(-c2ccc(C(=O)NS(=O)(=O)c3cccnc3N)c(N3C[C@@H](C)CC3(C)C)n2)c1C. The molecular weight excluding hydrogens is 1970 g/mol. The van der Waals surface area contributed by atoms with Crippen LogP contribution in [0.2, 0.25) is 0 Å². The lowest BCUT2D eigenvalue weighted by Crippen LogP contribution is -2.41. The first-order chi connectivity index (χ1) is 69.8. The molecule has 2 aromatic carbocycles. The fourth-order valence-electron chi connectivity index (χ4n) is 19.3. The zero-order chi connectivity index (χ0) is 107. The number of H-pyrrole nitrogens is 1. The average Bonchev–Trinajstić information content (AvgIpc) is 1.58. The maximum atomic E-state index is 13.5. The van der Waals surface area contributed by atoms with E-state index in [1.165, 1.54) is 73.2 Å². The van der Waals surface area contributed by atoms with E-state index in [4.69, 9.17) is 57.1 Å². The smallest absolute Gasteiger partial charge is 0.281 e. The second-order valence-electron chi connectivity index (χ2n) is 39.9. The normalized spacial score (nSPS) is 17.1. The Morgan fingerprint density at radius 2 is 0.791 bits per heavy atom. The number of benzene rings is 2. The minimum Gasteiger partial charge on any atom is -0.508 e. The van der Waals surface area contributed by atoms with Crippen LogP contribution in [0.4, 0.5) is 46.5 Å². The van der Waals surface area contributed by atoms with Crippen LogP contribution in [-0.4, -0.2) is 199 Å². The Bertz CT molecular complexity index is 7650. The van der Waals surface area contributed by atoms with Gasteiger partial charge in [-0.25, -0.2) is 94.0 Å². The fourth-order valence-corrected chi connectivity index (χ4v) is 23.4. The lowest BCUT2D eigenvalue weighted by Gasteiger charge is -2.34. The Balaban J connectivity index is 0.000000156. The van der Waals surface area contributed by atoms with Crippen molar-refractivity contribution in [3.63, 3.8) is 0 Å². The van der Waals surface area contributed by atoms with Crippen molar-refractivity contribution in [2.24, 2.45) is 23.7 Å². The predicted octanol–water partition coefficient (Wildman–Crippen LogP) is 14.2. The van der Waals surface area contributed by atoms with Crippen molar-refractivity contribution in [1.82, 2.24) is 73.7 Å². The molecule has 0 saturated carbocycles. The molecule has 39 nitrogen and oxygen atoms in total. The van der Waals surface area contributed by atoms with E-state index in [1.807, 2.05) is 75.2 Å². The Kier molecular flexibility index (Phi) is 32.6. The number of sulfonamides is 4. The summed E-state index contributed by atoms with van der Waals surface area (Å²) in [5.41, 5.74) is 32.0. The van der Waals surface area contributed by atoms with Crippen molar-refractivity contribution in [2.45, 2.75) is 178 Å². The summed E-state index contributed by atoms with van der Waals surface area (Å²) in [6.45, 7) is 38.4. The molecule has 4 fully saturated rings. The van der Waals surface area contributed by atoms with Gasteiger partial charge >= 0.3 is 0 Å². The third-order valence-electron chi connectivity index (χ3n) is 26.1. The van der Waals surface area contributed by atoms with Crippen molar-refractivity contribution in [1.29, 1.82) is 0 Å². The monoisotopic (exact) mass is 2090 g/mol. The second-order valence-corrected chi connectivity index (χ2v) is 46.5. The highest BCUT2D eigenvalue weighted by Crippen LogP contribution is 2.45. The first-order valence-electron chi connectivity index (χ1n) is 48.2. The van der Waals surface area contributed by atoms with E-state index in [0.29, 0.717) is 129 Å². The Hall–Kier alpha value is -14.9. The zero-order valence-corrected chi connectivity index (χ0v) is 88.6. The molecule has 0 radical (unpaired) electrons. The van der Waals surface area contributed by atoms with Crippen LogP contribution in [0.3, 0.4) is 0 Å². The summed E-state index contributed by atoms with van der Waals surface area (Å²) in [5, 5.41) is 10.2. The lowest BCUT2D eigenvalue weighted by molar-refractivity contribution is 0.0398. The molecule has 43 heteroatoms. The van der Waals surface area contributed by atoms with Gasteiger partial charge in [-0.05, 0) is 283 Å². The number of aromatic amines is 1. The number of hydrogen-bond acceptors (Lipinski definition) is 34. The van der Waals surface area contributed by atoms with E-state index in [-0.39, 0.29) is 93.1 Å². The predicted molar refractivity (Wildman–Crippen MR) is 569 cm³/mol. The number of ether oxygens (including phenoxy) is 3. The molecule has 13 aromatic rings. The molecule has 780 valence electrons. The average molecular weight is 2090 g/mol. The molecule has 11 aromatic heterocycles. The molecule has 4 aliphatic heterocycles. The number of carbonyl (C=O) groups is 4. The van der Waals surface area contributed by atoms with Crippen molar-refractivity contribution in [3.05, 3.63) is 240 Å². The number of hydrogen-bond donors (Lipinski definition) is 10. The summed E-state index contributed by atoms with van der Waals surface area (Å²) < 4.78 is 128. The van der Waals surface area contributed by atoms with Crippen LogP contribution in [0.25, 0.3) is 56.1 Å². The van der Waals surface area contributed by atoms with Crippen molar-refractivity contribution in [3.8, 4) is 56.7 Å². The van der Waals surface area contributed by atoms with Crippen LogP contribution < -0.4 is 66.2 Å². The number of aromatic nitrogens is 11. The number of aryl methyl sites for hydroxylation is 2. The third kappa shape index (κ3) is 25.1. The van der Waals surface area contributed by atoms with Crippen LogP contribution in [-0.2, 0) is 49.6 Å². The van der Waals surface area contributed by atoms with E-state index < -0.39 is 63.7 Å². The van der Waals surface area contributed by atoms with Gasteiger partial charge in [-0.3, -0.25) is 19.2 Å². The molecular formula is C105H125N23O16S4. The van der Waals surface area contributed by atoms with E-state index in [0.717, 1.165) is 81.4 Å². The molecule has 14 N–H and O–H groups in total. The number of phenols is 1. The highest BCUT2D eigenvalue weighted by molar-refractivity contribution is 7.91. The van der Waals surface area contributed by atoms with Crippen LogP contribution >= 0.6 is 0 Å². The molecule has 15 heterocycles. The summed E-state index contributed by atoms with van der Waals surface area (Å²) in [4.78, 5) is 108. The Labute approximate surface area is 862 Å². The number of aromatic hydroxyl groups is 1. The van der Waals surface area contributed by atoms with Gasteiger partial charge in [0, 0.05) is 125 Å². The van der Waals surface area contributed by atoms with E-state index in [1.54, 1.807) is 85.2 Å². The maximum Gasteiger partial charge on any atom is 0.281 e. The largest absolute Gasteiger partial charge is 0.508 e. The number of nitrogen functional groups attached to an aromatic ring is 4. The highest BCUT2D eigenvalue weighted by Gasteiger charge is 2.45. The van der Waals surface area contributed by atoms with Crippen LogP contribution in [0.5, 0.6) is 11.6 Å². The van der Waals surface area contributed by atoms with Gasteiger partial charge in [0.2, 0.25) is 5.88 Å². The Morgan fingerprint density at radius 1 is 0.412 bits per heavy atom. The van der Waals surface area contributed by atoms with Gasteiger partial charge in [-0.1, -0.05) is 52.0 Å². The molecule has 4 aliphatic rings. The molecule has 4 atom stereocenters. The van der Waals surface area contributed by atoms with Crippen LogP contribution in [0.1, 0.15) is 174 Å². The number of amides is 4. The maximum absolute atomic E-state index is 13.5. The zero-order valence-electron chi connectivity index (χ0n) is 85.3. The van der Waals surface area contributed by atoms with Crippen LogP contribution in [0, 0.1) is 44.4 Å². The lowest BCUT2D eigenvalue weighted by atomic mass is 9.97. The first kappa shape index (κ1) is 109. The van der Waals surface area contributed by atoms with Crippen LogP contribution in [0.15, 0.2) is 221 Å². The number of rotatable bonds is 28. The van der Waals surface area contributed by atoms with E-state index in [2.05, 4.69) is 152 Å². The standard InChI is InChI=1S/C30H40N6O6S.C26H31N5O3S.C25H27N7O3S.C24H27N5O4S/c1-6-40-12-13-41-14-15-42-29-21(3)16-22(18-32-29)24-11-10-23(27(33-24)36-19-20(2)17-30(36,4)5)28(37)35-43(38,39)26-9-7-8-25(31)34-26;1-16-14-26(4,5)31(15-16)24-20(11-12-21(29-24)19-9-6-8-17(2)18(19)3)25(32)30-35(33,34)22-10-7-13-28-23(22)27;1-15-12-25(2,3)32(14-15)23-18(24(33)31-36(34,35)20-5-4-9-27-21(20)26)6-7-19(30-23)17-11-16-8-10-28-22(16)29-13-17;1-15-13-24(2,3)29(14-15)22-18(10-11-19(27-22)16-6-8-17(30)9-7-16)23(31)28-34(32,33)20-5-4-12-26-21(20)25/h7-11,16,18,20H,6,12-15,17,19H2,1-5H3,(H2,31,34)(H,35,37);6-13,16H,14-15H2,1-5H3,(H2,27,28)(H,30,32);4-11,13,15H,12,14H2,1-3H3,(H2,26,27)(H,28,29)(H,31,33);4-12,15,30H,13-14H2,1-3H3,(H2,25,26)(H,28,31)/t20-;16-;2*15-/m0000/s1. The number of nitrogens with two attached hydrogens (primary N) is 4. The summed E-state index contributed by atoms with van der Waals surface area (Å²) >= 11 is 0. The molecule has 148 heavy (non-hydrogen) atoms. The van der Waals surface area contributed by atoms with Gasteiger partial charge in [0.25, 0.3) is 63.7 Å². The van der Waals surface area contributed by atoms with Crippen molar-refractivity contribution >= 4 is 121 Å². The molecule has 0 bridgehead atoms. The number of nitrogens with one attached hydrogen (secondary N) is 5. The van der Waals surface area contributed by atoms with Gasteiger partial charge < -0.3 is 66.8 Å². The van der Waals surface area contributed by atoms with Crippen molar-refractivity contribution in [2.75, 3.05) is 102 Å². The number of anilines is 8. The second kappa shape index (κ2) is 44.4. The minimum absolute atomic E-state index is 0.0287. The van der Waals surface area contributed by atoms with Crippen molar-refractivity contribution < 1.29 is 72.2 Å². The summed E-state index contributed by atoms with van der Waals surface area (Å²) in [5.74, 6) is 0.0697. The molecule has 0 spiro atoms. The van der Waals surface area contributed by atoms with Gasteiger partial charge in [0.05, 0.1) is 64.9 Å². The fraction of sp³-hybridized carbons (Fsp3) is 0.352. The molecule has 0 aliphatic carbocycles. The molecule has 4 amide bonds. The quantitative estimate of drug-likeness (QED) is 0.0204.